The van der Waals surface area contributed by atoms with Crippen LogP contribution in [0.25, 0.3) is 0 Å². The second kappa shape index (κ2) is 6.01. The summed E-state index contributed by atoms with van der Waals surface area (Å²) in [5.74, 6) is 5.62. The summed E-state index contributed by atoms with van der Waals surface area (Å²) in [4.78, 5) is 22.2. The van der Waals surface area contributed by atoms with Gasteiger partial charge in [-0.25, -0.2) is 4.68 Å². The number of ether oxygens (including phenoxy) is 1. The van der Waals surface area contributed by atoms with Crippen LogP contribution < -0.4 is 21.6 Å². The maximum absolute atomic E-state index is 11.8. The first kappa shape index (κ1) is 14.5. The third kappa shape index (κ3) is 2.98. The van der Waals surface area contributed by atoms with Gasteiger partial charge in [0, 0.05) is 23.8 Å². The number of para-hydroxylation sites is 1. The zero-order valence-electron chi connectivity index (χ0n) is 11.1. The van der Waals surface area contributed by atoms with Crippen molar-refractivity contribution in [2.24, 2.45) is 5.84 Å². The van der Waals surface area contributed by atoms with Crippen LogP contribution in [0.4, 0.5) is 11.4 Å². The standard InChI is InChI=1S/C12H13N5O4/c1-21-10-5-6-11(18)16(15-10)7-8-3-2-4-9(17(19)20)12(8)14-13/h2-6,14H,7,13H2,1H3. The first-order chi connectivity index (χ1) is 10.1. The van der Waals surface area contributed by atoms with Crippen LogP contribution in [0.3, 0.4) is 0 Å². The molecule has 21 heavy (non-hydrogen) atoms. The molecule has 1 heterocycles. The van der Waals surface area contributed by atoms with Gasteiger partial charge >= 0.3 is 0 Å². The summed E-state index contributed by atoms with van der Waals surface area (Å²) in [6.07, 6.45) is 0. The molecule has 0 bridgehead atoms. The van der Waals surface area contributed by atoms with Crippen molar-refractivity contribution in [1.29, 1.82) is 0 Å². The number of aromatic nitrogens is 2. The van der Waals surface area contributed by atoms with Crippen LogP contribution in [0.2, 0.25) is 0 Å². The zero-order valence-corrected chi connectivity index (χ0v) is 11.1. The molecule has 0 atom stereocenters. The van der Waals surface area contributed by atoms with Gasteiger partial charge in [-0.15, -0.1) is 5.10 Å². The van der Waals surface area contributed by atoms with Crippen molar-refractivity contribution in [3.8, 4) is 5.88 Å². The molecule has 1 aromatic heterocycles. The van der Waals surface area contributed by atoms with E-state index in [9.17, 15) is 14.9 Å². The van der Waals surface area contributed by atoms with Crippen LogP contribution in [0.15, 0.2) is 35.1 Å². The molecule has 9 nitrogen and oxygen atoms in total. The van der Waals surface area contributed by atoms with Gasteiger partial charge in [0.2, 0.25) is 5.88 Å². The first-order valence-electron chi connectivity index (χ1n) is 5.92. The van der Waals surface area contributed by atoms with Crippen molar-refractivity contribution >= 4 is 11.4 Å². The van der Waals surface area contributed by atoms with Crippen LogP contribution in [0.5, 0.6) is 5.88 Å². The van der Waals surface area contributed by atoms with Gasteiger partial charge in [-0.05, 0) is 0 Å². The molecule has 2 aromatic rings. The number of hydrazine groups is 1. The van der Waals surface area contributed by atoms with Gasteiger partial charge in [0.1, 0.15) is 5.69 Å². The predicted octanol–water partition coefficient (Wildman–Crippen LogP) is 0.494. The minimum atomic E-state index is -0.555. The monoisotopic (exact) mass is 291 g/mol. The van der Waals surface area contributed by atoms with Crippen LogP contribution in [-0.4, -0.2) is 21.8 Å². The highest BCUT2D eigenvalue weighted by Gasteiger charge is 2.17. The number of benzene rings is 1. The van der Waals surface area contributed by atoms with Gasteiger partial charge in [-0.3, -0.25) is 20.8 Å². The number of nitrogens with two attached hydrogens (primary N) is 1. The van der Waals surface area contributed by atoms with E-state index < -0.39 is 4.92 Å². The van der Waals surface area contributed by atoms with E-state index in [4.69, 9.17) is 10.6 Å². The fourth-order valence-corrected chi connectivity index (χ4v) is 1.85. The Balaban J connectivity index is 2.47. The molecule has 1 aromatic carbocycles. The zero-order chi connectivity index (χ0) is 15.4. The molecule has 0 amide bonds. The number of nitro benzene ring substituents is 1. The van der Waals surface area contributed by atoms with E-state index in [1.165, 1.54) is 31.4 Å². The third-order valence-electron chi connectivity index (χ3n) is 2.84. The Morgan fingerprint density at radius 3 is 2.81 bits per heavy atom. The third-order valence-corrected chi connectivity index (χ3v) is 2.84. The topological polar surface area (TPSA) is 125 Å². The van der Waals surface area contributed by atoms with Crippen molar-refractivity contribution < 1.29 is 9.66 Å². The van der Waals surface area contributed by atoms with Crippen molar-refractivity contribution in [2.75, 3.05) is 12.5 Å². The number of hydrogen-bond donors (Lipinski definition) is 2. The van der Waals surface area contributed by atoms with E-state index >= 15 is 0 Å². The fraction of sp³-hybridized carbons (Fsp3) is 0.167. The van der Waals surface area contributed by atoms with Gasteiger partial charge in [0.05, 0.1) is 18.6 Å². The number of nitrogens with one attached hydrogen (secondary N) is 1. The Hall–Kier alpha value is -2.94. The molecule has 0 radical (unpaired) electrons. The Morgan fingerprint density at radius 2 is 2.19 bits per heavy atom. The lowest BCUT2D eigenvalue weighted by Gasteiger charge is -2.10. The van der Waals surface area contributed by atoms with E-state index in [2.05, 4.69) is 10.5 Å². The number of nitrogens with zero attached hydrogens (tertiary/aromatic N) is 3. The average molecular weight is 291 g/mol. The number of nitrogen functional groups attached to an aromatic ring is 1. The van der Waals surface area contributed by atoms with E-state index in [1.807, 2.05) is 0 Å². The Kier molecular flexibility index (Phi) is 4.14. The van der Waals surface area contributed by atoms with E-state index in [0.29, 0.717) is 5.56 Å². The molecule has 0 aliphatic rings. The molecular formula is C12H13N5O4. The second-order valence-electron chi connectivity index (χ2n) is 4.08. The molecule has 3 N–H and O–H groups in total. The molecule has 0 unspecified atom stereocenters. The summed E-state index contributed by atoms with van der Waals surface area (Å²) in [5.41, 5.74) is 2.37. The molecule has 0 fully saturated rings. The molecule has 110 valence electrons. The Bertz CT molecular complexity index is 728. The van der Waals surface area contributed by atoms with E-state index in [-0.39, 0.29) is 29.4 Å². The number of hydrogen-bond acceptors (Lipinski definition) is 7. The molecular weight excluding hydrogens is 278 g/mol. The molecule has 2 rings (SSSR count). The highest BCUT2D eigenvalue weighted by atomic mass is 16.6. The molecule has 0 saturated heterocycles. The molecule has 0 aliphatic carbocycles. The summed E-state index contributed by atoms with van der Waals surface area (Å²) in [7, 11) is 1.43. The summed E-state index contributed by atoms with van der Waals surface area (Å²) in [6, 6.07) is 7.20. The van der Waals surface area contributed by atoms with Gasteiger partial charge in [-0.2, -0.15) is 0 Å². The fourth-order valence-electron chi connectivity index (χ4n) is 1.85. The summed E-state index contributed by atoms with van der Waals surface area (Å²) >= 11 is 0. The van der Waals surface area contributed by atoms with Crippen LogP contribution in [0.1, 0.15) is 5.56 Å². The minimum absolute atomic E-state index is 0.0250. The van der Waals surface area contributed by atoms with Gasteiger partial charge in [0.15, 0.2) is 0 Å². The second-order valence-corrected chi connectivity index (χ2v) is 4.08. The van der Waals surface area contributed by atoms with Crippen LogP contribution in [0, 0.1) is 10.1 Å². The molecule has 9 heteroatoms. The number of nitro groups is 1. The molecule has 0 aliphatic heterocycles. The lowest BCUT2D eigenvalue weighted by atomic mass is 10.1. The van der Waals surface area contributed by atoms with Crippen LogP contribution >= 0.6 is 0 Å². The quantitative estimate of drug-likeness (QED) is 0.466. The van der Waals surface area contributed by atoms with Crippen molar-refractivity contribution in [2.45, 2.75) is 6.54 Å². The molecule has 0 spiro atoms. The summed E-state index contributed by atoms with van der Waals surface area (Å²) in [5, 5.41) is 14.9. The Labute approximate surface area is 119 Å². The predicted molar refractivity (Wildman–Crippen MR) is 75.1 cm³/mol. The van der Waals surface area contributed by atoms with Crippen molar-refractivity contribution in [1.82, 2.24) is 9.78 Å². The van der Waals surface area contributed by atoms with Gasteiger partial charge < -0.3 is 10.2 Å². The van der Waals surface area contributed by atoms with Crippen LogP contribution in [-0.2, 0) is 6.54 Å². The summed E-state index contributed by atoms with van der Waals surface area (Å²) in [6.45, 7) is 0.0250. The van der Waals surface area contributed by atoms with Gasteiger partial charge in [-0.1, -0.05) is 12.1 Å². The average Bonchev–Trinajstić information content (AvgIpc) is 2.49. The lowest BCUT2D eigenvalue weighted by molar-refractivity contribution is -0.384. The maximum Gasteiger partial charge on any atom is 0.293 e. The lowest BCUT2D eigenvalue weighted by Crippen LogP contribution is -2.23. The SMILES string of the molecule is COc1ccc(=O)n(Cc2cccc([N+](=O)[O-])c2NN)n1. The van der Waals surface area contributed by atoms with E-state index in [1.54, 1.807) is 6.07 Å². The minimum Gasteiger partial charge on any atom is -0.480 e. The largest absolute Gasteiger partial charge is 0.480 e. The molecule has 0 saturated carbocycles. The van der Waals surface area contributed by atoms with E-state index in [0.717, 1.165) is 4.68 Å². The van der Waals surface area contributed by atoms with Gasteiger partial charge in [0.25, 0.3) is 11.2 Å². The highest BCUT2D eigenvalue weighted by molar-refractivity contribution is 5.65. The first-order valence-corrected chi connectivity index (χ1v) is 5.92. The van der Waals surface area contributed by atoms with Crippen molar-refractivity contribution in [3.05, 3.63) is 56.4 Å². The maximum atomic E-state index is 11.8. The number of rotatable bonds is 5. The summed E-state index contributed by atoms with van der Waals surface area (Å²) < 4.78 is 6.08. The Morgan fingerprint density at radius 1 is 1.43 bits per heavy atom. The normalized spacial score (nSPS) is 10.2. The number of anilines is 1. The van der Waals surface area contributed by atoms with Crippen molar-refractivity contribution in [3.63, 3.8) is 0 Å². The number of methoxy groups -OCH3 is 1. The smallest absolute Gasteiger partial charge is 0.293 e. The highest BCUT2D eigenvalue weighted by Crippen LogP contribution is 2.27.